The van der Waals surface area contributed by atoms with E-state index in [1.54, 1.807) is 36.4 Å². The van der Waals surface area contributed by atoms with Gasteiger partial charge in [0.05, 0.1) is 34.3 Å². The highest BCUT2D eigenvalue weighted by Crippen LogP contribution is 2.37. The summed E-state index contributed by atoms with van der Waals surface area (Å²) in [6, 6.07) is 12.2. The zero-order chi connectivity index (χ0) is 19.0. The molecule has 0 aliphatic carbocycles. The lowest BCUT2D eigenvalue weighted by Crippen LogP contribution is -2.46. The van der Waals surface area contributed by atoms with Crippen LogP contribution in [0.25, 0.3) is 0 Å². The average Bonchev–Trinajstić information content (AvgIpc) is 2.85. The van der Waals surface area contributed by atoms with Crippen LogP contribution in [0.15, 0.2) is 42.5 Å². The number of halogens is 2. The molecule has 0 spiro atoms. The molecule has 0 radical (unpaired) electrons. The molecule has 140 valence electrons. The Hall–Kier alpha value is -1.92. The van der Waals surface area contributed by atoms with E-state index in [1.165, 1.54) is 4.90 Å². The molecule has 1 unspecified atom stereocenters. The van der Waals surface area contributed by atoms with Gasteiger partial charge in [-0.15, -0.1) is 0 Å². The van der Waals surface area contributed by atoms with E-state index in [2.05, 4.69) is 5.32 Å². The second-order valence-electron chi connectivity index (χ2n) is 6.71. The molecule has 0 saturated carbocycles. The van der Waals surface area contributed by atoms with E-state index in [9.17, 15) is 9.59 Å². The molecule has 7 heteroatoms. The summed E-state index contributed by atoms with van der Waals surface area (Å²) in [6.07, 6.45) is 0.596. The highest BCUT2D eigenvalue weighted by atomic mass is 35.5. The second-order valence-corrected chi connectivity index (χ2v) is 7.53. The average molecular weight is 405 g/mol. The van der Waals surface area contributed by atoms with Gasteiger partial charge in [-0.05, 0) is 42.8 Å². The molecular weight excluding hydrogens is 387 g/mol. The van der Waals surface area contributed by atoms with Gasteiger partial charge in [-0.25, -0.2) is 0 Å². The van der Waals surface area contributed by atoms with Crippen LogP contribution in [0.5, 0.6) is 0 Å². The number of ether oxygens (including phenoxy) is 1. The van der Waals surface area contributed by atoms with Gasteiger partial charge in [-0.3, -0.25) is 14.5 Å². The predicted octanol–water partition coefficient (Wildman–Crippen LogP) is 3.49. The molecule has 2 amide bonds. The largest absolute Gasteiger partial charge is 0.367 e. The molecule has 2 aliphatic rings. The number of nitrogens with one attached hydrogen (secondary N) is 1. The number of amides is 2. The van der Waals surface area contributed by atoms with E-state index in [0.717, 1.165) is 5.56 Å². The Labute approximate surface area is 167 Å². The van der Waals surface area contributed by atoms with Crippen LogP contribution >= 0.6 is 23.2 Å². The minimum atomic E-state index is -0.842. The molecule has 2 heterocycles. The first kappa shape index (κ1) is 18.4. The van der Waals surface area contributed by atoms with Gasteiger partial charge in [-0.2, -0.15) is 0 Å². The second kappa shape index (κ2) is 7.24. The van der Waals surface area contributed by atoms with Crippen molar-refractivity contribution in [2.24, 2.45) is 0 Å². The van der Waals surface area contributed by atoms with Crippen molar-refractivity contribution in [1.82, 2.24) is 10.2 Å². The van der Waals surface area contributed by atoms with E-state index in [1.807, 2.05) is 6.07 Å². The van der Waals surface area contributed by atoms with E-state index >= 15 is 0 Å². The lowest BCUT2D eigenvalue weighted by molar-refractivity contribution is -0.0562. The third kappa shape index (κ3) is 3.25. The van der Waals surface area contributed by atoms with Crippen LogP contribution in [0.3, 0.4) is 0 Å². The van der Waals surface area contributed by atoms with Crippen LogP contribution in [0.4, 0.5) is 0 Å². The maximum atomic E-state index is 12.8. The van der Waals surface area contributed by atoms with Gasteiger partial charge in [0.25, 0.3) is 11.8 Å². The third-order valence-electron chi connectivity index (χ3n) is 5.10. The van der Waals surface area contributed by atoms with Crippen molar-refractivity contribution in [2.45, 2.75) is 12.0 Å². The Morgan fingerprint density at radius 1 is 1.00 bits per heavy atom. The lowest BCUT2D eigenvalue weighted by Gasteiger charge is -2.36. The summed E-state index contributed by atoms with van der Waals surface area (Å²) in [5.74, 6) is -0.591. The Balaban J connectivity index is 1.73. The summed E-state index contributed by atoms with van der Waals surface area (Å²) < 4.78 is 6.22. The van der Waals surface area contributed by atoms with Gasteiger partial charge in [0.15, 0.2) is 0 Å². The van der Waals surface area contributed by atoms with Crippen LogP contribution in [0, 0.1) is 0 Å². The van der Waals surface area contributed by atoms with Gasteiger partial charge in [0, 0.05) is 6.54 Å². The van der Waals surface area contributed by atoms with Gasteiger partial charge in [0.1, 0.15) is 5.60 Å². The number of hydrogen-bond donors (Lipinski definition) is 1. The van der Waals surface area contributed by atoms with Crippen molar-refractivity contribution in [2.75, 3.05) is 26.2 Å². The number of nitrogens with zero attached hydrogens (tertiary/aromatic N) is 1. The minimum Gasteiger partial charge on any atom is -0.367 e. The fourth-order valence-corrected chi connectivity index (χ4v) is 3.97. The molecule has 2 aromatic rings. The first-order valence-corrected chi connectivity index (χ1v) is 9.53. The first-order chi connectivity index (χ1) is 13.0. The van der Waals surface area contributed by atoms with Crippen molar-refractivity contribution in [1.29, 1.82) is 0 Å². The molecule has 1 atom stereocenters. The van der Waals surface area contributed by atoms with Crippen molar-refractivity contribution in [3.05, 3.63) is 69.2 Å². The minimum absolute atomic E-state index is 0.124. The number of rotatable bonds is 3. The van der Waals surface area contributed by atoms with E-state index in [-0.39, 0.29) is 18.4 Å². The van der Waals surface area contributed by atoms with Gasteiger partial charge in [0.2, 0.25) is 0 Å². The number of imide groups is 1. The topological polar surface area (TPSA) is 58.6 Å². The zero-order valence-corrected chi connectivity index (χ0v) is 16.0. The van der Waals surface area contributed by atoms with Crippen LogP contribution in [-0.2, 0) is 10.3 Å². The Morgan fingerprint density at radius 3 is 2.37 bits per heavy atom. The number of fused-ring (bicyclic) bond motifs is 1. The summed E-state index contributed by atoms with van der Waals surface area (Å²) >= 11 is 12.3. The van der Waals surface area contributed by atoms with Crippen LogP contribution in [0.2, 0.25) is 10.0 Å². The molecule has 0 bridgehead atoms. The Bertz CT molecular complexity index is 873. The van der Waals surface area contributed by atoms with Gasteiger partial charge < -0.3 is 10.1 Å². The van der Waals surface area contributed by atoms with E-state index < -0.39 is 5.60 Å². The van der Waals surface area contributed by atoms with Gasteiger partial charge >= 0.3 is 0 Å². The fourth-order valence-electron chi connectivity index (χ4n) is 3.67. The maximum Gasteiger partial charge on any atom is 0.261 e. The summed E-state index contributed by atoms with van der Waals surface area (Å²) in [5.41, 5.74) is 0.819. The quantitative estimate of drug-likeness (QED) is 0.795. The van der Waals surface area contributed by atoms with E-state index in [4.69, 9.17) is 27.9 Å². The molecule has 27 heavy (non-hydrogen) atoms. The van der Waals surface area contributed by atoms with Crippen LogP contribution in [0.1, 0.15) is 32.7 Å². The monoisotopic (exact) mass is 404 g/mol. The number of benzene rings is 2. The highest BCUT2D eigenvalue weighted by molar-refractivity contribution is 6.42. The lowest BCUT2D eigenvalue weighted by atomic mass is 9.89. The summed E-state index contributed by atoms with van der Waals surface area (Å²) in [5, 5.41) is 4.15. The molecule has 5 nitrogen and oxygen atoms in total. The van der Waals surface area contributed by atoms with Crippen molar-refractivity contribution in [3.63, 3.8) is 0 Å². The fraction of sp³-hybridized carbons (Fsp3) is 0.300. The third-order valence-corrected chi connectivity index (χ3v) is 5.84. The zero-order valence-electron chi connectivity index (χ0n) is 14.5. The maximum absolute atomic E-state index is 12.8. The molecular formula is C20H18Cl2N2O3. The van der Waals surface area contributed by atoms with Crippen LogP contribution in [-0.4, -0.2) is 43.0 Å². The van der Waals surface area contributed by atoms with Crippen molar-refractivity contribution >= 4 is 35.0 Å². The molecule has 2 aliphatic heterocycles. The highest BCUT2D eigenvalue weighted by Gasteiger charge is 2.43. The molecule has 1 saturated heterocycles. The number of hydrogen-bond acceptors (Lipinski definition) is 4. The van der Waals surface area contributed by atoms with Gasteiger partial charge in [-0.1, -0.05) is 41.4 Å². The Kier molecular flexibility index (Phi) is 4.95. The SMILES string of the molecule is O=C1c2ccccc2C(=O)N1CC1(c2ccc(Cl)c(Cl)c2)CCNCCO1. The first-order valence-electron chi connectivity index (χ1n) is 8.77. The number of carbonyl (C=O) groups excluding carboxylic acids is 2. The Morgan fingerprint density at radius 2 is 1.70 bits per heavy atom. The standard InChI is InChI=1S/C20H18Cl2N2O3/c21-16-6-5-13(11-17(16)22)20(7-8-23-9-10-27-20)12-24-18(25)14-3-1-2-4-15(14)19(24)26/h1-6,11,23H,7-10,12H2. The molecule has 1 N–H and O–H groups in total. The van der Waals surface area contributed by atoms with Crippen LogP contribution < -0.4 is 5.32 Å². The summed E-state index contributed by atoms with van der Waals surface area (Å²) in [4.78, 5) is 27.0. The molecule has 1 fully saturated rings. The molecule has 2 aromatic carbocycles. The number of carbonyl (C=O) groups is 2. The summed E-state index contributed by atoms with van der Waals surface area (Å²) in [6.45, 7) is 1.98. The molecule has 4 rings (SSSR count). The summed E-state index contributed by atoms with van der Waals surface area (Å²) in [7, 11) is 0. The van der Waals surface area contributed by atoms with Crippen molar-refractivity contribution < 1.29 is 14.3 Å². The smallest absolute Gasteiger partial charge is 0.261 e. The normalized spacial score (nSPS) is 22.7. The predicted molar refractivity (Wildman–Crippen MR) is 103 cm³/mol. The van der Waals surface area contributed by atoms with Crippen molar-refractivity contribution in [3.8, 4) is 0 Å². The molecule has 0 aromatic heterocycles. The van der Waals surface area contributed by atoms with E-state index in [0.29, 0.717) is 47.3 Å².